The van der Waals surface area contributed by atoms with E-state index in [0.29, 0.717) is 16.2 Å². The van der Waals surface area contributed by atoms with Crippen molar-refractivity contribution in [2.45, 2.75) is 5.75 Å². The first-order valence-electron chi connectivity index (χ1n) is 7.74. The van der Waals surface area contributed by atoms with E-state index in [9.17, 15) is 13.9 Å². The lowest BCUT2D eigenvalue weighted by molar-refractivity contribution is 0.609. The van der Waals surface area contributed by atoms with Crippen LogP contribution >= 0.6 is 6.26 Å². The van der Waals surface area contributed by atoms with E-state index in [4.69, 9.17) is 0 Å². The molecule has 4 nitrogen and oxygen atoms in total. The van der Waals surface area contributed by atoms with Gasteiger partial charge in [-0.05, 0) is 29.8 Å². The molecule has 6 heteroatoms. The Labute approximate surface area is 147 Å². The summed E-state index contributed by atoms with van der Waals surface area (Å²) in [5.41, 5.74) is 10.7. The molecule has 0 heterocycles. The normalized spacial score (nSPS) is 11.7. The van der Waals surface area contributed by atoms with Crippen molar-refractivity contribution in [3.8, 4) is 0 Å². The minimum absolute atomic E-state index is 0.185. The van der Waals surface area contributed by atoms with Gasteiger partial charge in [0.1, 0.15) is 0 Å². The Balaban J connectivity index is 2.27. The van der Waals surface area contributed by atoms with Crippen LogP contribution in [-0.2, 0) is 15.2 Å². The van der Waals surface area contributed by atoms with Gasteiger partial charge in [0, 0.05) is 0 Å². The van der Waals surface area contributed by atoms with Gasteiger partial charge in [-0.1, -0.05) is 66.7 Å². The van der Waals surface area contributed by atoms with Gasteiger partial charge in [0.2, 0.25) is 9.46 Å². The van der Waals surface area contributed by atoms with E-state index in [-0.39, 0.29) is 5.75 Å². The van der Waals surface area contributed by atoms with Crippen molar-refractivity contribution >= 4 is 26.3 Å². The van der Waals surface area contributed by atoms with Gasteiger partial charge in [-0.15, -0.1) is 0 Å². The zero-order valence-corrected chi connectivity index (χ0v) is 15.1. The fraction of sp³-hybridized carbons (Fsp3) is 0.0526. The Morgan fingerprint density at radius 3 is 1.52 bits per heavy atom. The Morgan fingerprint density at radius 1 is 0.720 bits per heavy atom. The molecule has 0 radical (unpaired) electrons. The van der Waals surface area contributed by atoms with E-state index in [2.05, 4.69) is 4.54 Å². The van der Waals surface area contributed by atoms with Gasteiger partial charge in [0.15, 0.2) is 0 Å². The SMILES string of the molecule is [N-]=[N+]=P(c1ccccc1)(c1ccccc1)S(=O)(=O)Cc1ccccc1. The van der Waals surface area contributed by atoms with Crippen molar-refractivity contribution < 1.29 is 8.42 Å². The van der Waals surface area contributed by atoms with Gasteiger partial charge in [0.25, 0.3) is 0 Å². The maximum Gasteiger partial charge on any atom is 0.374 e. The van der Waals surface area contributed by atoms with Gasteiger partial charge in [-0.3, -0.25) is 0 Å². The molecule has 0 aliphatic rings. The lowest BCUT2D eigenvalue weighted by Gasteiger charge is -2.16. The monoisotopic (exact) mass is 368 g/mol. The molecule has 0 spiro atoms. The van der Waals surface area contributed by atoms with Crippen LogP contribution in [0, 0.1) is 0 Å². The lowest BCUT2D eigenvalue weighted by Crippen LogP contribution is -2.25. The van der Waals surface area contributed by atoms with Gasteiger partial charge in [-0.25, -0.2) is 8.42 Å². The third-order valence-corrected chi connectivity index (χ3v) is 12.0. The van der Waals surface area contributed by atoms with Crippen LogP contribution in [-0.4, -0.2) is 8.42 Å². The Bertz CT molecular complexity index is 987. The second-order valence-corrected chi connectivity index (χ2v) is 12.6. The number of rotatable bonds is 5. The zero-order valence-electron chi connectivity index (χ0n) is 13.4. The van der Waals surface area contributed by atoms with Crippen LogP contribution in [0.25, 0.3) is 5.53 Å². The number of hydrogen-bond donors (Lipinski definition) is 0. The summed E-state index contributed by atoms with van der Waals surface area (Å²) in [6.07, 6.45) is -3.40. The highest BCUT2D eigenvalue weighted by molar-refractivity contribution is 8.57. The van der Waals surface area contributed by atoms with Crippen LogP contribution in [0.1, 0.15) is 5.56 Å². The molecule has 0 aliphatic heterocycles. The maximum atomic E-state index is 13.4. The molecule has 0 saturated carbocycles. The predicted molar refractivity (Wildman–Crippen MR) is 104 cm³/mol. The summed E-state index contributed by atoms with van der Waals surface area (Å²) in [4.78, 5) is 0. The van der Waals surface area contributed by atoms with E-state index in [1.54, 1.807) is 72.8 Å². The van der Waals surface area contributed by atoms with Crippen LogP contribution in [0.4, 0.5) is 0 Å². The molecule has 0 bridgehead atoms. The molecule has 0 atom stereocenters. The summed E-state index contributed by atoms with van der Waals surface area (Å²) in [6.45, 7) is 0. The fourth-order valence-electron chi connectivity index (χ4n) is 2.77. The van der Waals surface area contributed by atoms with Crippen LogP contribution in [0.2, 0.25) is 0 Å². The molecule has 0 amide bonds. The molecule has 3 aromatic rings. The summed E-state index contributed by atoms with van der Waals surface area (Å²) in [6, 6.07) is 26.5. The van der Waals surface area contributed by atoms with E-state index in [1.807, 2.05) is 18.2 Å². The van der Waals surface area contributed by atoms with Crippen molar-refractivity contribution in [2.75, 3.05) is 0 Å². The largest absolute Gasteiger partial charge is 0.374 e. The molecular weight excluding hydrogens is 351 g/mol. The quantitative estimate of drug-likeness (QED) is 0.393. The predicted octanol–water partition coefficient (Wildman–Crippen LogP) is 3.46. The van der Waals surface area contributed by atoms with E-state index >= 15 is 0 Å². The van der Waals surface area contributed by atoms with E-state index < -0.39 is 15.7 Å². The molecule has 3 rings (SSSR count). The van der Waals surface area contributed by atoms with Crippen molar-refractivity contribution in [3.63, 3.8) is 0 Å². The van der Waals surface area contributed by atoms with E-state index in [0.717, 1.165) is 0 Å². The second-order valence-electron chi connectivity index (χ2n) is 5.55. The molecule has 0 aliphatic carbocycles. The molecule has 126 valence electrons. The highest BCUT2D eigenvalue weighted by Gasteiger charge is 2.47. The van der Waals surface area contributed by atoms with Crippen LogP contribution in [0.3, 0.4) is 0 Å². The first-order chi connectivity index (χ1) is 12.1. The third kappa shape index (κ3) is 3.22. The Kier molecular flexibility index (Phi) is 5.00. The topological polar surface area (TPSA) is 70.5 Å². The van der Waals surface area contributed by atoms with Crippen LogP contribution < -0.4 is 15.2 Å². The minimum atomic E-state index is -3.80. The van der Waals surface area contributed by atoms with Gasteiger partial charge >= 0.3 is 6.26 Å². The zero-order chi connectivity index (χ0) is 17.8. The molecule has 25 heavy (non-hydrogen) atoms. The average molecular weight is 368 g/mol. The Morgan fingerprint density at radius 2 is 1.12 bits per heavy atom. The summed E-state index contributed by atoms with van der Waals surface area (Å²) in [5.74, 6) is -0.185. The van der Waals surface area contributed by atoms with Crippen molar-refractivity contribution in [2.24, 2.45) is 0 Å². The van der Waals surface area contributed by atoms with Crippen molar-refractivity contribution in [1.82, 2.24) is 4.54 Å². The fourth-order valence-corrected chi connectivity index (χ4v) is 9.98. The van der Waals surface area contributed by atoms with Gasteiger partial charge in [-0.2, -0.15) is 4.54 Å². The molecule has 0 aromatic heterocycles. The van der Waals surface area contributed by atoms with E-state index in [1.165, 1.54) is 0 Å². The highest BCUT2D eigenvalue weighted by atomic mass is 32.8. The highest BCUT2D eigenvalue weighted by Crippen LogP contribution is 2.51. The number of hydrogen-bond acceptors (Lipinski definition) is 2. The third-order valence-electron chi connectivity index (χ3n) is 3.93. The minimum Gasteiger partial charge on any atom is -0.368 e. The summed E-state index contributed by atoms with van der Waals surface area (Å²) in [5, 5.41) is 1.03. The lowest BCUT2D eigenvalue weighted by atomic mass is 10.2. The summed E-state index contributed by atoms with van der Waals surface area (Å²) >= 11 is 0. The van der Waals surface area contributed by atoms with Gasteiger partial charge < -0.3 is 5.53 Å². The first kappa shape index (κ1) is 17.4. The second kappa shape index (κ2) is 7.20. The van der Waals surface area contributed by atoms with Crippen LogP contribution in [0.15, 0.2) is 91.0 Å². The molecule has 0 fully saturated rings. The van der Waals surface area contributed by atoms with Crippen LogP contribution in [0.5, 0.6) is 0 Å². The number of nitrogens with zero attached hydrogens (tertiary/aromatic N) is 2. The first-order valence-corrected chi connectivity index (χ1v) is 11.7. The van der Waals surface area contributed by atoms with Crippen molar-refractivity contribution in [3.05, 3.63) is 102 Å². The molecule has 0 N–H and O–H groups in total. The molecule has 3 aromatic carbocycles. The standard InChI is InChI=1S/C19H17N2O2PS/c20-21-24(18-12-6-2-7-13-18,19-14-8-3-9-15-19)25(22,23)16-17-10-4-1-5-11-17/h1-15H,16H2. The number of benzene rings is 3. The molecular formula is C19H17N2O2PS. The summed E-state index contributed by atoms with van der Waals surface area (Å²) < 4.78 is 30.5. The maximum absolute atomic E-state index is 13.4. The molecule has 0 saturated heterocycles. The molecule has 0 unspecified atom stereocenters. The van der Waals surface area contributed by atoms with Crippen molar-refractivity contribution in [1.29, 1.82) is 0 Å². The average Bonchev–Trinajstić information content (AvgIpc) is 2.65. The Hall–Kier alpha value is -2.45. The summed E-state index contributed by atoms with van der Waals surface area (Å²) in [7, 11) is -3.80. The smallest absolute Gasteiger partial charge is 0.368 e. The van der Waals surface area contributed by atoms with Gasteiger partial charge in [0.05, 0.1) is 16.4 Å².